The summed E-state index contributed by atoms with van der Waals surface area (Å²) in [6.07, 6.45) is 0. The topological polar surface area (TPSA) is 53.8 Å². The molecule has 1 aliphatic heterocycles. The van der Waals surface area contributed by atoms with E-state index in [1.807, 2.05) is 25.7 Å². The lowest BCUT2D eigenvalue weighted by molar-refractivity contribution is -0.135. The average Bonchev–Trinajstić information content (AvgIpc) is 2.70. The summed E-state index contributed by atoms with van der Waals surface area (Å²) in [5, 5.41) is 0. The number of nitrogens with zero attached hydrogens (tertiary/aromatic N) is 2. The van der Waals surface area contributed by atoms with Crippen molar-refractivity contribution in [3.05, 3.63) is 21.6 Å². The molecule has 1 aliphatic rings. The summed E-state index contributed by atoms with van der Waals surface area (Å²) in [4.78, 5) is 28.2. The molecule has 0 aromatic carbocycles. The van der Waals surface area contributed by atoms with E-state index in [-0.39, 0.29) is 17.7 Å². The number of hydrogen-bond donors (Lipinski definition) is 0. The van der Waals surface area contributed by atoms with Crippen LogP contribution in [0, 0.1) is 19.8 Å². The minimum Gasteiger partial charge on any atom is -0.465 e. The standard InChI is InChI=1S/C15H21BrN2O3/c1-9(2)14(19)17-5-7-18(8-6-17)15(20)12-10(3)21-11(4)13(12)16/h9H,5-8H2,1-4H3. The zero-order chi connectivity index (χ0) is 15.7. The van der Waals surface area contributed by atoms with Crippen LogP contribution in [0.3, 0.4) is 0 Å². The maximum absolute atomic E-state index is 12.6. The molecule has 0 aliphatic carbocycles. The Bertz CT molecular complexity index is 558. The van der Waals surface area contributed by atoms with Gasteiger partial charge in [-0.2, -0.15) is 0 Å². The second-order valence-electron chi connectivity index (χ2n) is 5.68. The fraction of sp³-hybridized carbons (Fsp3) is 0.600. The predicted octanol–water partition coefficient (Wildman–Crippen LogP) is 2.60. The lowest BCUT2D eigenvalue weighted by Crippen LogP contribution is -2.51. The number of piperazine rings is 1. The first-order valence-corrected chi connectivity index (χ1v) is 7.95. The van der Waals surface area contributed by atoms with Crippen LogP contribution < -0.4 is 0 Å². The van der Waals surface area contributed by atoms with Gasteiger partial charge < -0.3 is 14.2 Å². The van der Waals surface area contributed by atoms with E-state index < -0.39 is 0 Å². The van der Waals surface area contributed by atoms with Crippen molar-refractivity contribution in [2.45, 2.75) is 27.7 Å². The van der Waals surface area contributed by atoms with Crippen LogP contribution in [-0.2, 0) is 4.79 Å². The van der Waals surface area contributed by atoms with Crippen LogP contribution >= 0.6 is 15.9 Å². The van der Waals surface area contributed by atoms with Gasteiger partial charge >= 0.3 is 0 Å². The van der Waals surface area contributed by atoms with Crippen LogP contribution in [0.15, 0.2) is 8.89 Å². The fourth-order valence-electron chi connectivity index (χ4n) is 2.55. The van der Waals surface area contributed by atoms with E-state index in [4.69, 9.17) is 4.42 Å². The summed E-state index contributed by atoms with van der Waals surface area (Å²) in [7, 11) is 0. The molecule has 116 valence electrons. The van der Waals surface area contributed by atoms with Crippen molar-refractivity contribution < 1.29 is 14.0 Å². The smallest absolute Gasteiger partial charge is 0.258 e. The molecule has 0 atom stereocenters. The Morgan fingerprint density at radius 1 is 1.05 bits per heavy atom. The number of amides is 2. The normalized spacial score (nSPS) is 15.7. The zero-order valence-electron chi connectivity index (χ0n) is 12.9. The van der Waals surface area contributed by atoms with Crippen molar-refractivity contribution in [2.24, 2.45) is 5.92 Å². The molecule has 1 fully saturated rings. The SMILES string of the molecule is Cc1oc(C)c(C(=O)N2CCN(C(=O)C(C)C)CC2)c1Br. The second kappa shape index (κ2) is 6.22. The summed E-state index contributed by atoms with van der Waals surface area (Å²) in [6, 6.07) is 0. The van der Waals surface area contributed by atoms with Crippen molar-refractivity contribution in [3.63, 3.8) is 0 Å². The summed E-state index contributed by atoms with van der Waals surface area (Å²) in [6.45, 7) is 9.73. The summed E-state index contributed by atoms with van der Waals surface area (Å²) in [5.74, 6) is 1.46. The highest BCUT2D eigenvalue weighted by Crippen LogP contribution is 2.28. The Labute approximate surface area is 133 Å². The van der Waals surface area contributed by atoms with E-state index >= 15 is 0 Å². The van der Waals surface area contributed by atoms with E-state index in [9.17, 15) is 9.59 Å². The highest BCUT2D eigenvalue weighted by molar-refractivity contribution is 9.10. The molecule has 21 heavy (non-hydrogen) atoms. The monoisotopic (exact) mass is 356 g/mol. The van der Waals surface area contributed by atoms with Gasteiger partial charge in [0.25, 0.3) is 5.91 Å². The lowest BCUT2D eigenvalue weighted by atomic mass is 10.1. The molecule has 0 bridgehead atoms. The third-order valence-corrected chi connectivity index (χ3v) is 4.73. The fourth-order valence-corrected chi connectivity index (χ4v) is 3.08. The number of carbonyl (C=O) groups is 2. The molecular formula is C15H21BrN2O3. The molecule has 5 nitrogen and oxygen atoms in total. The predicted molar refractivity (Wildman–Crippen MR) is 83.2 cm³/mol. The van der Waals surface area contributed by atoms with Gasteiger partial charge in [-0.05, 0) is 29.8 Å². The molecule has 0 radical (unpaired) electrons. The van der Waals surface area contributed by atoms with E-state index in [0.717, 1.165) is 4.47 Å². The molecule has 6 heteroatoms. The number of aryl methyl sites for hydroxylation is 2. The number of hydrogen-bond acceptors (Lipinski definition) is 3. The number of carbonyl (C=O) groups excluding carboxylic acids is 2. The second-order valence-corrected chi connectivity index (χ2v) is 6.47. The first-order chi connectivity index (χ1) is 9.82. The largest absolute Gasteiger partial charge is 0.465 e. The van der Waals surface area contributed by atoms with Crippen molar-refractivity contribution in [1.82, 2.24) is 9.80 Å². The third kappa shape index (κ3) is 3.15. The molecule has 0 saturated carbocycles. The lowest BCUT2D eigenvalue weighted by Gasteiger charge is -2.35. The molecule has 0 N–H and O–H groups in total. The highest BCUT2D eigenvalue weighted by atomic mass is 79.9. The molecule has 2 rings (SSSR count). The Morgan fingerprint density at radius 2 is 1.57 bits per heavy atom. The van der Waals surface area contributed by atoms with Crippen LogP contribution in [0.5, 0.6) is 0 Å². The van der Waals surface area contributed by atoms with Gasteiger partial charge in [-0.1, -0.05) is 13.8 Å². The van der Waals surface area contributed by atoms with Gasteiger partial charge in [-0.3, -0.25) is 9.59 Å². The maximum atomic E-state index is 12.6. The molecule has 0 unspecified atom stereocenters. The van der Waals surface area contributed by atoms with E-state index in [1.165, 1.54) is 0 Å². The Balaban J connectivity index is 2.05. The number of halogens is 1. The zero-order valence-corrected chi connectivity index (χ0v) is 14.5. The van der Waals surface area contributed by atoms with Crippen LogP contribution in [0.25, 0.3) is 0 Å². The van der Waals surface area contributed by atoms with Gasteiger partial charge in [0.15, 0.2) is 0 Å². The van der Waals surface area contributed by atoms with Crippen molar-refractivity contribution >= 4 is 27.7 Å². The molecular weight excluding hydrogens is 336 g/mol. The van der Waals surface area contributed by atoms with Gasteiger partial charge in [0, 0.05) is 32.1 Å². The van der Waals surface area contributed by atoms with Crippen molar-refractivity contribution in [1.29, 1.82) is 0 Å². The molecule has 1 aromatic heterocycles. The quantitative estimate of drug-likeness (QED) is 0.818. The van der Waals surface area contributed by atoms with Gasteiger partial charge in [0.2, 0.25) is 5.91 Å². The highest BCUT2D eigenvalue weighted by Gasteiger charge is 2.29. The van der Waals surface area contributed by atoms with E-state index in [1.54, 1.807) is 11.8 Å². The van der Waals surface area contributed by atoms with Gasteiger partial charge in [0.05, 0.1) is 10.0 Å². The molecule has 0 spiro atoms. The molecule has 2 amide bonds. The molecule has 1 aromatic rings. The first kappa shape index (κ1) is 16.1. The number of furan rings is 1. The van der Waals surface area contributed by atoms with E-state index in [0.29, 0.717) is 43.3 Å². The van der Waals surface area contributed by atoms with Crippen LogP contribution in [0.2, 0.25) is 0 Å². The molecule has 1 saturated heterocycles. The van der Waals surface area contributed by atoms with E-state index in [2.05, 4.69) is 15.9 Å². The molecule has 2 heterocycles. The van der Waals surface area contributed by atoms with Gasteiger partial charge in [-0.15, -0.1) is 0 Å². The first-order valence-electron chi connectivity index (χ1n) is 7.16. The maximum Gasteiger partial charge on any atom is 0.258 e. The van der Waals surface area contributed by atoms with Crippen molar-refractivity contribution in [3.8, 4) is 0 Å². The van der Waals surface area contributed by atoms with Crippen LogP contribution in [0.4, 0.5) is 0 Å². The minimum atomic E-state index is -0.0344. The van der Waals surface area contributed by atoms with Crippen LogP contribution in [0.1, 0.15) is 35.7 Å². The van der Waals surface area contributed by atoms with Gasteiger partial charge in [-0.25, -0.2) is 0 Å². The summed E-state index contributed by atoms with van der Waals surface area (Å²) in [5.41, 5.74) is 0.594. The Morgan fingerprint density at radius 3 is 2.00 bits per heavy atom. The minimum absolute atomic E-state index is 0.000152. The summed E-state index contributed by atoms with van der Waals surface area (Å²) >= 11 is 3.42. The number of rotatable bonds is 2. The average molecular weight is 357 g/mol. The van der Waals surface area contributed by atoms with Gasteiger partial charge in [0.1, 0.15) is 11.5 Å². The Hall–Kier alpha value is -1.30. The van der Waals surface area contributed by atoms with Crippen LogP contribution in [-0.4, -0.2) is 47.8 Å². The Kier molecular flexibility index (Phi) is 4.76. The van der Waals surface area contributed by atoms with Crippen molar-refractivity contribution in [2.75, 3.05) is 26.2 Å². The third-order valence-electron chi connectivity index (χ3n) is 3.77. The summed E-state index contributed by atoms with van der Waals surface area (Å²) < 4.78 is 6.22.